The molecule has 34 heavy (non-hydrogen) atoms. The van der Waals surface area contributed by atoms with Crippen molar-refractivity contribution in [2.45, 2.75) is 0 Å². The van der Waals surface area contributed by atoms with E-state index in [0.29, 0.717) is 71.8 Å². The number of benzene rings is 1. The minimum Gasteiger partial charge on any atom is -0.491 e. The molecule has 0 bridgehead atoms. The van der Waals surface area contributed by atoms with Crippen LogP contribution in [0.25, 0.3) is 0 Å². The lowest BCUT2D eigenvalue weighted by Crippen LogP contribution is -2.32. The van der Waals surface area contributed by atoms with Gasteiger partial charge in [-0.25, -0.2) is 11.7 Å². The molecule has 0 heterocycles. The first-order chi connectivity index (χ1) is 16.6. The highest BCUT2D eigenvalue weighted by molar-refractivity contribution is 5.99. The number of carbonyl (C=O) groups is 2. The number of hydrogen-bond donors (Lipinski definition) is 4. The van der Waals surface area contributed by atoms with Crippen LogP contribution in [0.2, 0.25) is 0 Å². The maximum Gasteiger partial charge on any atom is 0.265 e. The number of nitrogen functional groups attached to an aromatic ring is 2. The van der Waals surface area contributed by atoms with Crippen LogP contribution in [0.15, 0.2) is 18.2 Å². The van der Waals surface area contributed by atoms with E-state index in [0.717, 1.165) is 0 Å². The van der Waals surface area contributed by atoms with E-state index >= 15 is 0 Å². The maximum atomic E-state index is 11.8. The number of ether oxygens (including phenoxy) is 7. The average Bonchev–Trinajstić information content (AvgIpc) is 2.86. The summed E-state index contributed by atoms with van der Waals surface area (Å²) in [5.74, 6) is 9.46. The molecule has 0 aliphatic carbocycles. The summed E-state index contributed by atoms with van der Waals surface area (Å²) in [6.07, 6.45) is 0. The maximum absolute atomic E-state index is 11.8. The molecule has 0 unspecified atom stereocenters. The standard InChI is InChI=1S/C21H36N4O9/c1-28-2-3-29-4-5-30-6-7-31-8-9-32-10-11-33-12-13-34-19-15-17(20(26)24-22)14-18(16-19)21(27)25-23/h14-16H,2-13,22-23H2,1H3,(H,24,26)(H,25,27). The summed E-state index contributed by atoms with van der Waals surface area (Å²) in [4.78, 5) is 23.5. The summed E-state index contributed by atoms with van der Waals surface area (Å²) in [6, 6.07) is 4.27. The lowest BCUT2D eigenvalue weighted by molar-refractivity contribution is -0.0159. The third-order valence-corrected chi connectivity index (χ3v) is 4.11. The number of carbonyl (C=O) groups excluding carboxylic acids is 2. The van der Waals surface area contributed by atoms with Gasteiger partial charge in [0.2, 0.25) is 0 Å². The fraction of sp³-hybridized carbons (Fsp3) is 0.619. The van der Waals surface area contributed by atoms with E-state index in [4.69, 9.17) is 44.8 Å². The monoisotopic (exact) mass is 488 g/mol. The van der Waals surface area contributed by atoms with Crippen LogP contribution in [0.5, 0.6) is 5.75 Å². The van der Waals surface area contributed by atoms with Crippen LogP contribution in [-0.2, 0) is 28.4 Å². The average molecular weight is 489 g/mol. The quantitative estimate of drug-likeness (QED) is 0.0723. The molecule has 0 saturated heterocycles. The molecule has 0 aromatic heterocycles. The van der Waals surface area contributed by atoms with Gasteiger partial charge in [0, 0.05) is 18.2 Å². The number of nitrogens with one attached hydrogen (secondary N) is 2. The van der Waals surface area contributed by atoms with E-state index in [1.807, 2.05) is 10.9 Å². The summed E-state index contributed by atoms with van der Waals surface area (Å²) in [6.45, 7) is 5.35. The van der Waals surface area contributed by atoms with Gasteiger partial charge in [-0.3, -0.25) is 20.4 Å². The number of rotatable bonds is 21. The predicted octanol–water partition coefficient (Wildman–Crippen LogP) is -0.998. The van der Waals surface area contributed by atoms with Gasteiger partial charge in [-0.1, -0.05) is 0 Å². The summed E-state index contributed by atoms with van der Waals surface area (Å²) in [5.41, 5.74) is 4.32. The number of nitrogens with two attached hydrogens (primary N) is 2. The molecule has 0 aliphatic heterocycles. The molecule has 0 saturated carbocycles. The first-order valence-electron chi connectivity index (χ1n) is 10.8. The van der Waals surface area contributed by atoms with E-state index in [1.165, 1.54) is 18.2 Å². The van der Waals surface area contributed by atoms with Gasteiger partial charge in [-0.2, -0.15) is 0 Å². The van der Waals surface area contributed by atoms with Gasteiger partial charge in [-0.05, 0) is 18.2 Å². The van der Waals surface area contributed by atoms with Crippen LogP contribution in [0.1, 0.15) is 20.7 Å². The number of methoxy groups -OCH3 is 1. The minimum atomic E-state index is -0.565. The van der Waals surface area contributed by atoms with Crippen molar-refractivity contribution in [3.8, 4) is 5.75 Å². The van der Waals surface area contributed by atoms with Gasteiger partial charge < -0.3 is 33.2 Å². The number of hydrazine groups is 2. The Kier molecular flexibility index (Phi) is 17.5. The van der Waals surface area contributed by atoms with Crippen molar-refractivity contribution in [1.82, 2.24) is 10.9 Å². The van der Waals surface area contributed by atoms with Crippen molar-refractivity contribution in [3.05, 3.63) is 29.3 Å². The normalized spacial score (nSPS) is 10.8. The Labute approximate surface area is 199 Å². The molecule has 1 aromatic rings. The second-order valence-corrected chi connectivity index (χ2v) is 6.60. The Bertz CT molecular complexity index is 660. The van der Waals surface area contributed by atoms with Crippen molar-refractivity contribution < 1.29 is 42.7 Å². The Hall–Kier alpha value is -2.36. The molecule has 13 heteroatoms. The van der Waals surface area contributed by atoms with E-state index in [1.54, 1.807) is 7.11 Å². The molecule has 0 atom stereocenters. The van der Waals surface area contributed by atoms with Gasteiger partial charge in [0.05, 0.1) is 72.7 Å². The second kappa shape index (κ2) is 20.1. The summed E-state index contributed by atoms with van der Waals surface area (Å²) < 4.78 is 37.3. The molecule has 0 fully saturated rings. The van der Waals surface area contributed by atoms with Gasteiger partial charge in [-0.15, -0.1) is 0 Å². The van der Waals surface area contributed by atoms with E-state index in [9.17, 15) is 9.59 Å². The Morgan fingerprint density at radius 3 is 1.32 bits per heavy atom. The topological polar surface area (TPSA) is 175 Å². The Morgan fingerprint density at radius 2 is 0.971 bits per heavy atom. The van der Waals surface area contributed by atoms with Crippen LogP contribution in [-0.4, -0.2) is 98.2 Å². The van der Waals surface area contributed by atoms with Crippen molar-refractivity contribution in [1.29, 1.82) is 0 Å². The van der Waals surface area contributed by atoms with Crippen molar-refractivity contribution >= 4 is 11.8 Å². The molecule has 1 aromatic carbocycles. The fourth-order valence-electron chi connectivity index (χ4n) is 2.45. The first kappa shape index (κ1) is 29.7. The smallest absolute Gasteiger partial charge is 0.265 e. The van der Waals surface area contributed by atoms with Crippen LogP contribution in [0.4, 0.5) is 0 Å². The fourth-order valence-corrected chi connectivity index (χ4v) is 2.45. The van der Waals surface area contributed by atoms with Crippen molar-refractivity contribution in [2.24, 2.45) is 11.7 Å². The third kappa shape index (κ3) is 14.0. The number of hydrogen-bond acceptors (Lipinski definition) is 11. The summed E-state index contributed by atoms with van der Waals surface area (Å²) in [5, 5.41) is 0. The van der Waals surface area contributed by atoms with Crippen molar-refractivity contribution in [3.63, 3.8) is 0 Å². The molecule has 0 aliphatic rings. The first-order valence-corrected chi connectivity index (χ1v) is 10.8. The van der Waals surface area contributed by atoms with E-state index < -0.39 is 11.8 Å². The molecule has 0 radical (unpaired) electrons. The van der Waals surface area contributed by atoms with E-state index in [2.05, 4.69) is 0 Å². The van der Waals surface area contributed by atoms with Gasteiger partial charge in [0.1, 0.15) is 12.4 Å². The Morgan fingerprint density at radius 1 is 0.618 bits per heavy atom. The minimum absolute atomic E-state index is 0.161. The Balaban J connectivity index is 2.03. The largest absolute Gasteiger partial charge is 0.491 e. The molecule has 2 amide bonds. The zero-order chi connectivity index (χ0) is 24.9. The molecular weight excluding hydrogens is 452 g/mol. The third-order valence-electron chi connectivity index (χ3n) is 4.11. The lowest BCUT2D eigenvalue weighted by atomic mass is 10.1. The summed E-state index contributed by atoms with van der Waals surface area (Å²) >= 11 is 0. The van der Waals surface area contributed by atoms with Crippen LogP contribution >= 0.6 is 0 Å². The van der Waals surface area contributed by atoms with Crippen LogP contribution < -0.4 is 27.3 Å². The van der Waals surface area contributed by atoms with Crippen LogP contribution in [0, 0.1) is 0 Å². The zero-order valence-electron chi connectivity index (χ0n) is 19.5. The highest BCUT2D eigenvalue weighted by Gasteiger charge is 2.12. The predicted molar refractivity (Wildman–Crippen MR) is 121 cm³/mol. The molecule has 0 spiro atoms. The second-order valence-electron chi connectivity index (χ2n) is 6.60. The summed E-state index contributed by atoms with van der Waals surface area (Å²) in [7, 11) is 1.63. The highest BCUT2D eigenvalue weighted by atomic mass is 16.6. The molecule has 194 valence electrons. The SMILES string of the molecule is COCCOCCOCCOCCOCCOCCOc1cc(C(=O)NN)cc(C(=O)NN)c1. The highest BCUT2D eigenvalue weighted by Crippen LogP contribution is 2.17. The molecule has 6 N–H and O–H groups in total. The van der Waals surface area contributed by atoms with Gasteiger partial charge in [0.15, 0.2) is 0 Å². The number of amides is 2. The van der Waals surface area contributed by atoms with Gasteiger partial charge in [0.25, 0.3) is 11.8 Å². The molecule has 1 rings (SSSR count). The molecule has 13 nitrogen and oxygen atoms in total. The van der Waals surface area contributed by atoms with Crippen molar-refractivity contribution in [2.75, 3.05) is 86.4 Å². The zero-order valence-corrected chi connectivity index (χ0v) is 19.5. The van der Waals surface area contributed by atoms with Crippen LogP contribution in [0.3, 0.4) is 0 Å². The molecular formula is C21H36N4O9. The lowest BCUT2D eigenvalue weighted by Gasteiger charge is -2.11. The van der Waals surface area contributed by atoms with Gasteiger partial charge >= 0.3 is 0 Å². The van der Waals surface area contributed by atoms with E-state index in [-0.39, 0.29) is 24.3 Å².